The quantitative estimate of drug-likeness (QED) is 0.646. The summed E-state index contributed by atoms with van der Waals surface area (Å²) in [6.07, 6.45) is 2.43. The van der Waals surface area contributed by atoms with Gasteiger partial charge in [0.15, 0.2) is 5.25 Å². The highest BCUT2D eigenvalue weighted by Crippen LogP contribution is 2.18. The predicted octanol–water partition coefficient (Wildman–Crippen LogP) is -0.653. The third-order valence-corrected chi connectivity index (χ3v) is 4.64. The van der Waals surface area contributed by atoms with Crippen LogP contribution >= 0.6 is 0 Å². The highest BCUT2D eigenvalue weighted by Gasteiger charge is 2.34. The lowest BCUT2D eigenvalue weighted by molar-refractivity contribution is -0.139. The molecule has 3 N–H and O–H groups in total. The average molecular weight is 250 g/mol. The van der Waals surface area contributed by atoms with Crippen molar-refractivity contribution < 1.29 is 17.9 Å². The lowest BCUT2D eigenvalue weighted by atomic mass is 10.2. The summed E-state index contributed by atoms with van der Waals surface area (Å²) in [6.45, 7) is 1.30. The molecule has 0 amide bonds. The van der Waals surface area contributed by atoms with Crippen LogP contribution in [0.1, 0.15) is 26.2 Å². The van der Waals surface area contributed by atoms with Crippen molar-refractivity contribution >= 4 is 16.0 Å². The zero-order chi connectivity index (χ0) is 12.3. The Morgan fingerprint density at radius 3 is 2.56 bits per heavy atom. The maximum atomic E-state index is 11.8. The number of hydrogen-bond acceptors (Lipinski definition) is 5. The van der Waals surface area contributed by atoms with E-state index in [1.165, 1.54) is 6.92 Å². The molecule has 1 rings (SSSR count). The third kappa shape index (κ3) is 2.93. The Morgan fingerprint density at radius 2 is 2.12 bits per heavy atom. The zero-order valence-corrected chi connectivity index (χ0v) is 10.3. The molecule has 16 heavy (non-hydrogen) atoms. The summed E-state index contributed by atoms with van der Waals surface area (Å²) in [7, 11) is -2.53. The Labute approximate surface area is 95.6 Å². The SMILES string of the molecule is COC(=O)C(C)S(=O)(=O)NC1CCCC1N. The van der Waals surface area contributed by atoms with Gasteiger partial charge < -0.3 is 10.5 Å². The minimum absolute atomic E-state index is 0.167. The van der Waals surface area contributed by atoms with Crippen molar-refractivity contribution in [1.82, 2.24) is 4.72 Å². The number of methoxy groups -OCH3 is 1. The van der Waals surface area contributed by atoms with E-state index in [1.807, 2.05) is 0 Å². The van der Waals surface area contributed by atoms with Crippen molar-refractivity contribution in [3.8, 4) is 0 Å². The number of nitrogens with one attached hydrogen (secondary N) is 1. The molecule has 0 aromatic rings. The van der Waals surface area contributed by atoms with Gasteiger partial charge in [0, 0.05) is 12.1 Å². The number of carbonyl (C=O) groups is 1. The van der Waals surface area contributed by atoms with E-state index >= 15 is 0 Å². The van der Waals surface area contributed by atoms with E-state index in [-0.39, 0.29) is 12.1 Å². The fraction of sp³-hybridized carbons (Fsp3) is 0.889. The first kappa shape index (κ1) is 13.4. The Hall–Kier alpha value is -0.660. The van der Waals surface area contributed by atoms with Gasteiger partial charge in [0.2, 0.25) is 10.0 Å². The minimum Gasteiger partial charge on any atom is -0.468 e. The second-order valence-corrected chi connectivity index (χ2v) is 6.06. The van der Waals surface area contributed by atoms with Gasteiger partial charge in [-0.25, -0.2) is 13.1 Å². The number of hydrogen-bond donors (Lipinski definition) is 2. The van der Waals surface area contributed by atoms with Gasteiger partial charge in [-0.1, -0.05) is 6.42 Å². The van der Waals surface area contributed by atoms with Gasteiger partial charge in [-0.2, -0.15) is 0 Å². The first-order valence-corrected chi connectivity index (χ1v) is 6.77. The Morgan fingerprint density at radius 1 is 1.50 bits per heavy atom. The number of sulfonamides is 1. The molecule has 6 nitrogen and oxygen atoms in total. The van der Waals surface area contributed by atoms with Crippen LogP contribution in [0.25, 0.3) is 0 Å². The van der Waals surface area contributed by atoms with Crippen molar-refractivity contribution in [3.05, 3.63) is 0 Å². The molecule has 3 atom stereocenters. The van der Waals surface area contributed by atoms with Crippen LogP contribution in [0.15, 0.2) is 0 Å². The van der Waals surface area contributed by atoms with Crippen molar-refractivity contribution in [3.63, 3.8) is 0 Å². The van der Waals surface area contributed by atoms with Crippen molar-refractivity contribution in [2.75, 3.05) is 7.11 Å². The molecule has 0 bridgehead atoms. The predicted molar refractivity (Wildman–Crippen MR) is 59.1 cm³/mol. The Bertz CT molecular complexity index is 355. The molecular weight excluding hydrogens is 232 g/mol. The number of rotatable bonds is 4. The number of carbonyl (C=O) groups excluding carboxylic acids is 1. The lowest BCUT2D eigenvalue weighted by Gasteiger charge is -2.19. The molecule has 1 aliphatic carbocycles. The molecule has 94 valence electrons. The van der Waals surface area contributed by atoms with E-state index in [4.69, 9.17) is 5.73 Å². The van der Waals surface area contributed by atoms with Crippen LogP contribution in [0.4, 0.5) is 0 Å². The molecule has 0 heterocycles. The van der Waals surface area contributed by atoms with Crippen molar-refractivity contribution in [1.29, 1.82) is 0 Å². The maximum absolute atomic E-state index is 11.8. The molecule has 3 unspecified atom stereocenters. The molecule has 0 aromatic heterocycles. The maximum Gasteiger partial charge on any atom is 0.325 e. The van der Waals surface area contributed by atoms with Crippen molar-refractivity contribution in [2.24, 2.45) is 5.73 Å². The third-order valence-electron chi connectivity index (χ3n) is 2.88. The topological polar surface area (TPSA) is 98.5 Å². The average Bonchev–Trinajstić information content (AvgIpc) is 2.61. The monoisotopic (exact) mass is 250 g/mol. The smallest absolute Gasteiger partial charge is 0.325 e. The minimum atomic E-state index is -3.69. The second-order valence-electron chi connectivity index (χ2n) is 4.03. The normalized spacial score (nSPS) is 27.7. The van der Waals surface area contributed by atoms with Gasteiger partial charge in [0.05, 0.1) is 7.11 Å². The van der Waals surface area contributed by atoms with E-state index in [1.54, 1.807) is 0 Å². The van der Waals surface area contributed by atoms with E-state index in [0.29, 0.717) is 6.42 Å². The molecule has 0 spiro atoms. The first-order valence-electron chi connectivity index (χ1n) is 5.23. The van der Waals surface area contributed by atoms with E-state index in [0.717, 1.165) is 20.0 Å². The number of esters is 1. The molecule has 1 saturated carbocycles. The lowest BCUT2D eigenvalue weighted by Crippen LogP contribution is -2.48. The summed E-state index contributed by atoms with van der Waals surface area (Å²) in [5, 5.41) is -1.20. The summed E-state index contributed by atoms with van der Waals surface area (Å²) in [5.74, 6) is -0.765. The Kier molecular flexibility index (Phi) is 4.28. The molecule has 0 radical (unpaired) electrons. The molecular formula is C9H18N2O4S. The largest absolute Gasteiger partial charge is 0.468 e. The standard InChI is InChI=1S/C9H18N2O4S/c1-6(9(12)15-2)16(13,14)11-8-5-3-4-7(8)10/h6-8,11H,3-5,10H2,1-2H3. The highest BCUT2D eigenvalue weighted by atomic mass is 32.2. The van der Waals surface area contributed by atoms with Crippen LogP contribution < -0.4 is 10.5 Å². The fourth-order valence-corrected chi connectivity index (χ4v) is 3.01. The Balaban J connectivity index is 2.67. The van der Waals surface area contributed by atoms with Gasteiger partial charge in [0.25, 0.3) is 0 Å². The molecule has 1 aliphatic rings. The molecule has 7 heteroatoms. The molecule has 0 aromatic carbocycles. The fourth-order valence-electron chi connectivity index (χ4n) is 1.74. The second kappa shape index (κ2) is 5.11. The van der Waals surface area contributed by atoms with Crippen molar-refractivity contribution in [2.45, 2.75) is 43.5 Å². The summed E-state index contributed by atoms with van der Waals surface area (Å²) in [4.78, 5) is 11.1. The number of nitrogens with two attached hydrogens (primary N) is 1. The van der Waals surface area contributed by atoms with Gasteiger partial charge in [-0.05, 0) is 19.8 Å². The highest BCUT2D eigenvalue weighted by molar-refractivity contribution is 7.90. The first-order chi connectivity index (χ1) is 7.38. The van der Waals surface area contributed by atoms with Gasteiger partial charge >= 0.3 is 5.97 Å². The summed E-state index contributed by atoms with van der Waals surface area (Å²) in [5.41, 5.74) is 5.75. The molecule has 0 saturated heterocycles. The van der Waals surface area contributed by atoms with Gasteiger partial charge in [0.1, 0.15) is 0 Å². The van der Waals surface area contributed by atoms with Gasteiger partial charge in [-0.3, -0.25) is 4.79 Å². The van der Waals surface area contributed by atoms with Crippen LogP contribution in [-0.2, 0) is 19.6 Å². The van der Waals surface area contributed by atoms with Crippen LogP contribution in [0, 0.1) is 0 Å². The van der Waals surface area contributed by atoms with E-state index < -0.39 is 21.2 Å². The zero-order valence-electron chi connectivity index (χ0n) is 9.47. The number of ether oxygens (including phenoxy) is 1. The molecule has 1 fully saturated rings. The van der Waals surface area contributed by atoms with Crippen LogP contribution in [0.3, 0.4) is 0 Å². The summed E-state index contributed by atoms with van der Waals surface area (Å²) >= 11 is 0. The van der Waals surface area contributed by atoms with Crippen LogP contribution in [0.5, 0.6) is 0 Å². The van der Waals surface area contributed by atoms with Crippen LogP contribution in [0.2, 0.25) is 0 Å². The van der Waals surface area contributed by atoms with E-state index in [9.17, 15) is 13.2 Å². The molecule has 0 aliphatic heterocycles. The van der Waals surface area contributed by atoms with Crippen LogP contribution in [-0.4, -0.2) is 38.8 Å². The van der Waals surface area contributed by atoms with Gasteiger partial charge in [-0.15, -0.1) is 0 Å². The summed E-state index contributed by atoms with van der Waals surface area (Å²) < 4.78 is 30.4. The summed E-state index contributed by atoms with van der Waals surface area (Å²) in [6, 6.07) is -0.434. The van der Waals surface area contributed by atoms with E-state index in [2.05, 4.69) is 9.46 Å².